The molecule has 22 heavy (non-hydrogen) atoms. The van der Waals surface area contributed by atoms with Crippen LogP contribution in [0.1, 0.15) is 37.8 Å². The molecule has 2 atom stereocenters. The first kappa shape index (κ1) is 17.0. The molecule has 0 saturated carbocycles. The summed E-state index contributed by atoms with van der Waals surface area (Å²) in [6, 6.07) is 10.7. The van der Waals surface area contributed by atoms with E-state index in [-0.39, 0.29) is 12.0 Å². The van der Waals surface area contributed by atoms with Crippen LogP contribution in [0.2, 0.25) is 0 Å². The second-order valence-electron chi connectivity index (χ2n) is 6.05. The molecule has 122 valence electrons. The highest BCUT2D eigenvalue weighted by atomic mass is 16.5. The summed E-state index contributed by atoms with van der Waals surface area (Å²) in [5.41, 5.74) is 1.28. The number of hydrogen-bond donors (Lipinski definition) is 1. The normalized spacial score (nSPS) is 19.9. The van der Waals surface area contributed by atoms with Crippen molar-refractivity contribution in [3.05, 3.63) is 35.9 Å². The number of carbonyl (C=O) groups is 1. The van der Waals surface area contributed by atoms with Gasteiger partial charge in [0.05, 0.1) is 13.7 Å². The van der Waals surface area contributed by atoms with Crippen LogP contribution in [0.15, 0.2) is 30.3 Å². The Morgan fingerprint density at radius 1 is 1.41 bits per heavy atom. The number of ether oxygens (including phenoxy) is 1. The van der Waals surface area contributed by atoms with Crippen molar-refractivity contribution in [1.82, 2.24) is 10.2 Å². The molecule has 0 aromatic heterocycles. The van der Waals surface area contributed by atoms with E-state index < -0.39 is 0 Å². The number of rotatable bonds is 7. The third-order valence-electron chi connectivity index (χ3n) is 4.46. The third-order valence-corrected chi connectivity index (χ3v) is 4.46. The minimum atomic E-state index is -0.154. The lowest BCUT2D eigenvalue weighted by molar-refractivity contribution is -0.142. The number of nitrogens with zero attached hydrogens (tertiary/aromatic N) is 1. The van der Waals surface area contributed by atoms with Gasteiger partial charge in [0.25, 0.3) is 0 Å². The molecule has 4 heteroatoms. The maximum absolute atomic E-state index is 11.8. The first-order valence-corrected chi connectivity index (χ1v) is 8.31. The van der Waals surface area contributed by atoms with Crippen LogP contribution in [-0.4, -0.2) is 44.2 Å². The SMILES string of the molecule is CCC(c1ccccc1)N(CC(=O)OC)CC1CCCNC1. The molecular formula is C18H28N2O2. The van der Waals surface area contributed by atoms with E-state index in [1.54, 1.807) is 0 Å². The molecule has 0 bridgehead atoms. The second-order valence-corrected chi connectivity index (χ2v) is 6.05. The molecular weight excluding hydrogens is 276 g/mol. The van der Waals surface area contributed by atoms with Crippen molar-refractivity contribution in [3.8, 4) is 0 Å². The van der Waals surface area contributed by atoms with Gasteiger partial charge in [-0.15, -0.1) is 0 Å². The molecule has 0 spiro atoms. The molecule has 1 N–H and O–H groups in total. The smallest absolute Gasteiger partial charge is 0.319 e. The zero-order chi connectivity index (χ0) is 15.8. The Bertz CT molecular complexity index is 444. The van der Waals surface area contributed by atoms with Crippen molar-refractivity contribution in [1.29, 1.82) is 0 Å². The van der Waals surface area contributed by atoms with Crippen LogP contribution in [0.3, 0.4) is 0 Å². The van der Waals surface area contributed by atoms with Crippen LogP contribution in [0.5, 0.6) is 0 Å². The summed E-state index contributed by atoms with van der Waals surface area (Å²) in [7, 11) is 1.46. The van der Waals surface area contributed by atoms with Crippen LogP contribution in [-0.2, 0) is 9.53 Å². The van der Waals surface area contributed by atoms with Gasteiger partial charge in [-0.3, -0.25) is 9.69 Å². The predicted octanol–water partition coefficient (Wildman–Crippen LogP) is 2.61. The maximum atomic E-state index is 11.8. The summed E-state index contributed by atoms with van der Waals surface area (Å²) < 4.78 is 4.90. The van der Waals surface area contributed by atoms with Gasteiger partial charge in [0.15, 0.2) is 0 Å². The van der Waals surface area contributed by atoms with Crippen LogP contribution in [0.25, 0.3) is 0 Å². The molecule has 1 fully saturated rings. The highest BCUT2D eigenvalue weighted by Gasteiger charge is 2.25. The molecule has 1 aromatic carbocycles. The summed E-state index contributed by atoms with van der Waals surface area (Å²) >= 11 is 0. The predicted molar refractivity (Wildman–Crippen MR) is 88.7 cm³/mol. The van der Waals surface area contributed by atoms with Crippen molar-refractivity contribution >= 4 is 5.97 Å². The maximum Gasteiger partial charge on any atom is 0.319 e. The molecule has 1 aromatic rings. The standard InChI is InChI=1S/C18H28N2O2/c1-3-17(16-9-5-4-6-10-16)20(14-18(21)22-2)13-15-8-7-11-19-12-15/h4-6,9-10,15,17,19H,3,7-8,11-14H2,1-2H3. The summed E-state index contributed by atoms with van der Waals surface area (Å²) in [4.78, 5) is 14.1. The Hall–Kier alpha value is -1.39. The zero-order valence-corrected chi connectivity index (χ0v) is 13.8. The Labute approximate surface area is 133 Å². The summed E-state index contributed by atoms with van der Waals surface area (Å²) in [5, 5.41) is 3.46. The van der Waals surface area contributed by atoms with Gasteiger partial charge in [0, 0.05) is 12.6 Å². The third kappa shape index (κ3) is 4.82. The van der Waals surface area contributed by atoms with Crippen molar-refractivity contribution in [3.63, 3.8) is 0 Å². The molecule has 2 unspecified atom stereocenters. The molecule has 0 radical (unpaired) electrons. The van der Waals surface area contributed by atoms with Crippen molar-refractivity contribution in [2.45, 2.75) is 32.2 Å². The first-order valence-electron chi connectivity index (χ1n) is 8.31. The van der Waals surface area contributed by atoms with Gasteiger partial charge in [-0.1, -0.05) is 37.3 Å². The van der Waals surface area contributed by atoms with E-state index in [1.165, 1.54) is 25.5 Å². The van der Waals surface area contributed by atoms with Gasteiger partial charge >= 0.3 is 5.97 Å². The molecule has 1 heterocycles. The number of esters is 1. The van der Waals surface area contributed by atoms with E-state index in [9.17, 15) is 4.79 Å². The fourth-order valence-electron chi connectivity index (χ4n) is 3.32. The molecule has 0 aliphatic carbocycles. The Kier molecular flexibility index (Phi) is 6.87. The lowest BCUT2D eigenvalue weighted by Crippen LogP contribution is -2.42. The quantitative estimate of drug-likeness (QED) is 0.786. The molecule has 1 aliphatic heterocycles. The fraction of sp³-hybridized carbons (Fsp3) is 0.611. The van der Waals surface area contributed by atoms with Gasteiger partial charge in [-0.05, 0) is 43.8 Å². The van der Waals surface area contributed by atoms with E-state index in [4.69, 9.17) is 4.74 Å². The summed E-state index contributed by atoms with van der Waals surface area (Å²) in [5.74, 6) is 0.453. The number of carbonyl (C=O) groups excluding carboxylic acids is 1. The van der Waals surface area contributed by atoms with Crippen molar-refractivity contribution in [2.75, 3.05) is 33.3 Å². The average Bonchev–Trinajstić information content (AvgIpc) is 2.57. The van der Waals surface area contributed by atoms with E-state index >= 15 is 0 Å². The molecule has 4 nitrogen and oxygen atoms in total. The van der Waals surface area contributed by atoms with Gasteiger partial charge < -0.3 is 10.1 Å². The van der Waals surface area contributed by atoms with E-state index in [0.717, 1.165) is 26.1 Å². The van der Waals surface area contributed by atoms with Crippen molar-refractivity contribution < 1.29 is 9.53 Å². The van der Waals surface area contributed by atoms with Gasteiger partial charge in [-0.2, -0.15) is 0 Å². The van der Waals surface area contributed by atoms with Crippen molar-refractivity contribution in [2.24, 2.45) is 5.92 Å². The average molecular weight is 304 g/mol. The molecule has 1 aliphatic rings. The second kappa shape index (κ2) is 8.91. The lowest BCUT2D eigenvalue weighted by atomic mass is 9.96. The van der Waals surface area contributed by atoms with Gasteiger partial charge in [-0.25, -0.2) is 0 Å². The minimum absolute atomic E-state index is 0.154. The van der Waals surface area contributed by atoms with E-state index in [0.29, 0.717) is 12.5 Å². The molecule has 0 amide bonds. The van der Waals surface area contributed by atoms with Crippen LogP contribution in [0, 0.1) is 5.92 Å². The van der Waals surface area contributed by atoms with Crippen LogP contribution in [0.4, 0.5) is 0 Å². The number of hydrogen-bond acceptors (Lipinski definition) is 4. The van der Waals surface area contributed by atoms with E-state index in [2.05, 4.69) is 41.4 Å². The number of nitrogens with one attached hydrogen (secondary N) is 1. The topological polar surface area (TPSA) is 41.6 Å². The van der Waals surface area contributed by atoms with Gasteiger partial charge in [0.1, 0.15) is 0 Å². The van der Waals surface area contributed by atoms with Gasteiger partial charge in [0.2, 0.25) is 0 Å². The molecule has 1 saturated heterocycles. The number of methoxy groups -OCH3 is 1. The number of benzene rings is 1. The summed E-state index contributed by atoms with van der Waals surface area (Å²) in [6.45, 7) is 5.64. The Morgan fingerprint density at radius 3 is 2.77 bits per heavy atom. The van der Waals surface area contributed by atoms with E-state index in [1.807, 2.05) is 6.07 Å². The largest absolute Gasteiger partial charge is 0.468 e. The summed E-state index contributed by atoms with van der Waals surface area (Å²) in [6.07, 6.45) is 3.44. The highest BCUT2D eigenvalue weighted by Crippen LogP contribution is 2.26. The number of piperidine rings is 1. The molecule has 2 rings (SSSR count). The minimum Gasteiger partial charge on any atom is -0.468 e. The first-order chi connectivity index (χ1) is 10.7. The Morgan fingerprint density at radius 2 is 2.18 bits per heavy atom. The lowest BCUT2D eigenvalue weighted by Gasteiger charge is -2.35. The van der Waals surface area contributed by atoms with Crippen LogP contribution >= 0.6 is 0 Å². The Balaban J connectivity index is 2.11. The fourth-order valence-corrected chi connectivity index (χ4v) is 3.32. The monoisotopic (exact) mass is 304 g/mol. The zero-order valence-electron chi connectivity index (χ0n) is 13.8. The van der Waals surface area contributed by atoms with Crippen LogP contribution < -0.4 is 5.32 Å². The highest BCUT2D eigenvalue weighted by molar-refractivity contribution is 5.71.